The highest BCUT2D eigenvalue weighted by Crippen LogP contribution is 2.15. The van der Waals surface area contributed by atoms with Crippen molar-refractivity contribution in [3.8, 4) is 0 Å². The highest BCUT2D eigenvalue weighted by molar-refractivity contribution is 7.89. The third kappa shape index (κ3) is 6.08. The Bertz CT molecular complexity index is 346. The van der Waals surface area contributed by atoms with Crippen LogP contribution in [0.25, 0.3) is 0 Å². The summed E-state index contributed by atoms with van der Waals surface area (Å²) in [5, 5.41) is 0. The van der Waals surface area contributed by atoms with E-state index in [1.165, 1.54) is 0 Å². The van der Waals surface area contributed by atoms with Gasteiger partial charge in [-0.05, 0) is 20.3 Å². The number of alkyl halides is 1. The molecule has 0 radical (unpaired) electrons. The number of nitrogens with one attached hydrogen (secondary N) is 1. The molecule has 0 spiro atoms. The van der Waals surface area contributed by atoms with Crippen LogP contribution in [0.4, 0.5) is 4.39 Å². The molecule has 1 rings (SSSR count). The number of hydrogen-bond acceptors (Lipinski definition) is 4. The van der Waals surface area contributed by atoms with Crippen molar-refractivity contribution in [3.63, 3.8) is 0 Å². The van der Waals surface area contributed by atoms with E-state index in [4.69, 9.17) is 4.74 Å². The van der Waals surface area contributed by atoms with Gasteiger partial charge in [-0.3, -0.25) is 9.29 Å². The zero-order chi connectivity index (χ0) is 13.6. The second kappa shape index (κ2) is 6.79. The molecule has 18 heavy (non-hydrogen) atoms. The zero-order valence-corrected chi connectivity index (χ0v) is 11.9. The van der Waals surface area contributed by atoms with Gasteiger partial charge in [0.15, 0.2) is 0 Å². The molecule has 0 amide bonds. The molecule has 1 heterocycles. The lowest BCUT2D eigenvalue weighted by molar-refractivity contribution is -0.0851. The van der Waals surface area contributed by atoms with Crippen molar-refractivity contribution in [2.75, 3.05) is 45.2 Å². The van der Waals surface area contributed by atoms with Crippen molar-refractivity contribution < 1.29 is 17.5 Å². The number of nitrogens with zero attached hydrogens (tertiary/aromatic N) is 1. The van der Waals surface area contributed by atoms with Gasteiger partial charge < -0.3 is 4.74 Å². The van der Waals surface area contributed by atoms with Crippen LogP contribution in [0.3, 0.4) is 0 Å². The first-order valence-electron chi connectivity index (χ1n) is 6.24. The summed E-state index contributed by atoms with van der Waals surface area (Å²) < 4.78 is 42.8. The molecular weight excluding hydrogens is 259 g/mol. The van der Waals surface area contributed by atoms with E-state index in [-0.39, 0.29) is 17.8 Å². The van der Waals surface area contributed by atoms with E-state index in [1.54, 1.807) is 0 Å². The number of morpholine rings is 1. The third-order valence-electron chi connectivity index (χ3n) is 2.80. The standard InChI is InChI=1S/C11H23FN2O3S/c1-11(2)10-14(7-8-17-11)6-5-13-18(15,16)9-3-4-12/h13H,3-10H2,1-2H3. The van der Waals surface area contributed by atoms with Gasteiger partial charge >= 0.3 is 0 Å². The van der Waals surface area contributed by atoms with Crippen LogP contribution >= 0.6 is 0 Å². The van der Waals surface area contributed by atoms with Gasteiger partial charge in [-0.25, -0.2) is 13.1 Å². The van der Waals surface area contributed by atoms with Gasteiger partial charge in [-0.1, -0.05) is 0 Å². The Morgan fingerprint density at radius 3 is 2.78 bits per heavy atom. The molecule has 0 aromatic carbocycles. The lowest BCUT2D eigenvalue weighted by Crippen LogP contribution is -2.50. The minimum absolute atomic E-state index is 0.0555. The minimum Gasteiger partial charge on any atom is -0.373 e. The van der Waals surface area contributed by atoms with Crippen LogP contribution in [0.1, 0.15) is 20.3 Å². The van der Waals surface area contributed by atoms with Crippen molar-refractivity contribution in [2.45, 2.75) is 25.9 Å². The summed E-state index contributed by atoms with van der Waals surface area (Å²) in [5.41, 5.74) is -0.175. The first-order valence-corrected chi connectivity index (χ1v) is 7.89. The molecule has 1 aliphatic heterocycles. The number of sulfonamides is 1. The molecule has 0 saturated carbocycles. The van der Waals surface area contributed by atoms with Crippen LogP contribution in [0.15, 0.2) is 0 Å². The predicted octanol–water partition coefficient (Wildman–Crippen LogP) is 0.376. The van der Waals surface area contributed by atoms with Crippen LogP contribution in [0, 0.1) is 0 Å². The summed E-state index contributed by atoms with van der Waals surface area (Å²) in [6.07, 6.45) is 0.0555. The van der Waals surface area contributed by atoms with Gasteiger partial charge in [0.25, 0.3) is 0 Å². The summed E-state index contributed by atoms with van der Waals surface area (Å²) >= 11 is 0. The molecule has 0 atom stereocenters. The van der Waals surface area contributed by atoms with Gasteiger partial charge in [0.2, 0.25) is 10.0 Å². The fourth-order valence-corrected chi connectivity index (χ4v) is 3.02. The second-order valence-electron chi connectivity index (χ2n) is 5.14. The SMILES string of the molecule is CC1(C)CN(CCNS(=O)(=O)CCCF)CCO1. The normalized spacial score (nSPS) is 21.1. The smallest absolute Gasteiger partial charge is 0.211 e. The van der Waals surface area contributed by atoms with E-state index in [0.717, 1.165) is 13.1 Å². The Balaban J connectivity index is 2.25. The molecular formula is C11H23FN2O3S. The minimum atomic E-state index is -3.32. The molecule has 7 heteroatoms. The van der Waals surface area contributed by atoms with Crippen LogP contribution in [-0.2, 0) is 14.8 Å². The van der Waals surface area contributed by atoms with Gasteiger partial charge in [0.05, 0.1) is 24.6 Å². The zero-order valence-electron chi connectivity index (χ0n) is 11.1. The Labute approximate surface area is 109 Å². The first-order chi connectivity index (χ1) is 8.35. The highest BCUT2D eigenvalue weighted by atomic mass is 32.2. The topological polar surface area (TPSA) is 58.6 Å². The van der Waals surface area contributed by atoms with E-state index in [9.17, 15) is 12.8 Å². The number of hydrogen-bond donors (Lipinski definition) is 1. The summed E-state index contributed by atoms with van der Waals surface area (Å²) in [5.74, 6) is -0.141. The Kier molecular flexibility index (Phi) is 5.97. The van der Waals surface area contributed by atoms with Crippen molar-refractivity contribution in [1.29, 1.82) is 0 Å². The van der Waals surface area contributed by atoms with Crippen molar-refractivity contribution >= 4 is 10.0 Å². The van der Waals surface area contributed by atoms with Gasteiger partial charge in [-0.15, -0.1) is 0 Å². The summed E-state index contributed by atoms with van der Waals surface area (Å²) in [6.45, 7) is 6.73. The lowest BCUT2D eigenvalue weighted by Gasteiger charge is -2.38. The Morgan fingerprint density at radius 2 is 2.17 bits per heavy atom. The summed E-state index contributed by atoms with van der Waals surface area (Å²) in [4.78, 5) is 2.17. The number of halogens is 1. The molecule has 1 aliphatic rings. The average molecular weight is 282 g/mol. The fourth-order valence-electron chi connectivity index (χ4n) is 1.98. The molecule has 0 unspecified atom stereocenters. The molecule has 0 aliphatic carbocycles. The van der Waals surface area contributed by atoms with E-state index in [2.05, 4.69) is 9.62 Å². The number of ether oxygens (including phenoxy) is 1. The molecule has 1 saturated heterocycles. The quantitative estimate of drug-likeness (QED) is 0.733. The van der Waals surface area contributed by atoms with Crippen LogP contribution in [0.5, 0.6) is 0 Å². The van der Waals surface area contributed by atoms with E-state index < -0.39 is 16.7 Å². The molecule has 108 valence electrons. The van der Waals surface area contributed by atoms with Gasteiger partial charge in [0.1, 0.15) is 0 Å². The largest absolute Gasteiger partial charge is 0.373 e. The van der Waals surface area contributed by atoms with Crippen molar-refractivity contribution in [3.05, 3.63) is 0 Å². The van der Waals surface area contributed by atoms with E-state index in [1.807, 2.05) is 13.8 Å². The second-order valence-corrected chi connectivity index (χ2v) is 7.07. The Morgan fingerprint density at radius 1 is 1.44 bits per heavy atom. The maximum absolute atomic E-state index is 11.9. The maximum atomic E-state index is 11.9. The van der Waals surface area contributed by atoms with Crippen LogP contribution in [-0.4, -0.2) is 64.1 Å². The molecule has 1 N–H and O–H groups in total. The fraction of sp³-hybridized carbons (Fsp3) is 1.00. The molecule has 5 nitrogen and oxygen atoms in total. The summed E-state index contributed by atoms with van der Waals surface area (Å²) in [6, 6.07) is 0. The molecule has 1 fully saturated rings. The summed E-state index contributed by atoms with van der Waals surface area (Å²) in [7, 11) is -3.32. The average Bonchev–Trinajstić information content (AvgIpc) is 2.25. The van der Waals surface area contributed by atoms with Crippen LogP contribution < -0.4 is 4.72 Å². The lowest BCUT2D eigenvalue weighted by atomic mass is 10.1. The van der Waals surface area contributed by atoms with Crippen LogP contribution in [0.2, 0.25) is 0 Å². The van der Waals surface area contributed by atoms with E-state index >= 15 is 0 Å². The van der Waals surface area contributed by atoms with Crippen molar-refractivity contribution in [1.82, 2.24) is 9.62 Å². The van der Waals surface area contributed by atoms with Crippen molar-refractivity contribution in [2.24, 2.45) is 0 Å². The Hall–Kier alpha value is -0.240. The third-order valence-corrected chi connectivity index (χ3v) is 4.27. The predicted molar refractivity (Wildman–Crippen MR) is 68.9 cm³/mol. The molecule has 0 aromatic rings. The number of rotatable bonds is 7. The first kappa shape index (κ1) is 15.8. The highest BCUT2D eigenvalue weighted by Gasteiger charge is 2.26. The van der Waals surface area contributed by atoms with E-state index in [0.29, 0.717) is 19.7 Å². The maximum Gasteiger partial charge on any atom is 0.211 e. The molecule has 0 bridgehead atoms. The molecule has 0 aromatic heterocycles. The monoisotopic (exact) mass is 282 g/mol. The van der Waals surface area contributed by atoms with Gasteiger partial charge in [0, 0.05) is 26.2 Å². The van der Waals surface area contributed by atoms with Gasteiger partial charge in [-0.2, -0.15) is 0 Å².